The zero-order chi connectivity index (χ0) is 15.8. The molecule has 0 saturated carbocycles. The molecule has 1 aromatic heterocycles. The lowest BCUT2D eigenvalue weighted by atomic mass is 10.1. The predicted octanol–water partition coefficient (Wildman–Crippen LogP) is 0.864. The molecular weight excluding hydrogens is 298 g/mol. The molecule has 116 valence electrons. The number of rotatable bonds is 8. The van der Waals surface area contributed by atoms with Gasteiger partial charge in [-0.25, -0.2) is 14.6 Å². The van der Waals surface area contributed by atoms with Crippen molar-refractivity contribution in [3.8, 4) is 0 Å². The Kier molecular flexibility index (Phi) is 6.60. The molecule has 1 rings (SSSR count). The summed E-state index contributed by atoms with van der Waals surface area (Å²) < 4.78 is 0. The monoisotopic (exact) mass is 315 g/mol. The summed E-state index contributed by atoms with van der Waals surface area (Å²) in [5.74, 6) is -2.36. The van der Waals surface area contributed by atoms with Gasteiger partial charge in [0.25, 0.3) is 0 Å². The van der Waals surface area contributed by atoms with Crippen LogP contribution in [-0.4, -0.2) is 45.8 Å². The number of aliphatic carboxylic acids is 2. The van der Waals surface area contributed by atoms with Crippen LogP contribution >= 0.6 is 11.3 Å². The fraction of sp³-hybridized carbons (Fsp3) is 0.500. The van der Waals surface area contributed by atoms with E-state index in [-0.39, 0.29) is 18.8 Å². The summed E-state index contributed by atoms with van der Waals surface area (Å²) in [6.07, 6.45) is 1.18. The molecular formula is C12H17N3O5S. The average Bonchev–Trinajstić information content (AvgIpc) is 2.94. The molecule has 0 aliphatic carbocycles. The first-order valence-electron chi connectivity index (χ1n) is 6.28. The van der Waals surface area contributed by atoms with Crippen LogP contribution in [0.2, 0.25) is 0 Å². The lowest BCUT2D eigenvalue weighted by molar-refractivity contribution is -0.140. The summed E-state index contributed by atoms with van der Waals surface area (Å²) >= 11 is 1.47. The van der Waals surface area contributed by atoms with Crippen LogP contribution in [0, 0.1) is 0 Å². The minimum Gasteiger partial charge on any atom is -0.481 e. The fourth-order valence-corrected chi connectivity index (χ4v) is 2.24. The number of carboxylic acids is 2. The Morgan fingerprint density at radius 1 is 1.38 bits per heavy atom. The van der Waals surface area contributed by atoms with E-state index >= 15 is 0 Å². The summed E-state index contributed by atoms with van der Waals surface area (Å²) in [6, 6.07) is -1.87. The molecule has 4 N–H and O–H groups in total. The number of amides is 2. The van der Waals surface area contributed by atoms with Crippen molar-refractivity contribution in [1.29, 1.82) is 0 Å². The maximum absolute atomic E-state index is 11.6. The van der Waals surface area contributed by atoms with Crippen LogP contribution in [0.5, 0.6) is 0 Å². The Morgan fingerprint density at radius 2 is 2.10 bits per heavy atom. The minimum absolute atomic E-state index is 0.0121. The minimum atomic E-state index is -1.26. The fourth-order valence-electron chi connectivity index (χ4n) is 1.55. The van der Waals surface area contributed by atoms with Gasteiger partial charge in [-0.1, -0.05) is 6.92 Å². The van der Waals surface area contributed by atoms with Crippen LogP contribution in [0.1, 0.15) is 30.7 Å². The third kappa shape index (κ3) is 6.21. The van der Waals surface area contributed by atoms with E-state index < -0.39 is 24.0 Å². The van der Waals surface area contributed by atoms with Gasteiger partial charge in [-0.3, -0.25) is 4.79 Å². The number of aromatic nitrogens is 1. The van der Waals surface area contributed by atoms with Gasteiger partial charge in [0, 0.05) is 30.5 Å². The molecule has 0 fully saturated rings. The summed E-state index contributed by atoms with van der Waals surface area (Å²) in [4.78, 5) is 37.1. The molecule has 1 aromatic rings. The lowest BCUT2D eigenvalue weighted by Crippen LogP contribution is -2.46. The molecule has 0 spiro atoms. The molecule has 0 saturated heterocycles. The van der Waals surface area contributed by atoms with Gasteiger partial charge >= 0.3 is 18.0 Å². The van der Waals surface area contributed by atoms with Gasteiger partial charge in [0.15, 0.2) is 0 Å². The molecule has 0 aliphatic heterocycles. The highest BCUT2D eigenvalue weighted by molar-refractivity contribution is 7.09. The number of nitrogens with zero attached hydrogens (tertiary/aromatic N) is 1. The van der Waals surface area contributed by atoms with E-state index in [2.05, 4.69) is 15.6 Å². The third-order valence-electron chi connectivity index (χ3n) is 2.69. The molecule has 0 bridgehead atoms. The highest BCUT2D eigenvalue weighted by Gasteiger charge is 2.21. The Morgan fingerprint density at radius 3 is 2.62 bits per heavy atom. The Labute approximate surface area is 125 Å². The van der Waals surface area contributed by atoms with Crippen molar-refractivity contribution in [2.45, 2.75) is 31.7 Å². The van der Waals surface area contributed by atoms with Gasteiger partial charge < -0.3 is 20.8 Å². The largest absolute Gasteiger partial charge is 0.481 e. The number of thiazole rings is 1. The van der Waals surface area contributed by atoms with Gasteiger partial charge in [0.05, 0.1) is 5.01 Å². The van der Waals surface area contributed by atoms with Crippen LogP contribution in [0.3, 0.4) is 0 Å². The summed E-state index contributed by atoms with van der Waals surface area (Å²) in [6.45, 7) is 2.20. The number of nitrogens with one attached hydrogen (secondary N) is 2. The molecule has 2 atom stereocenters. The molecule has 1 heterocycles. The van der Waals surface area contributed by atoms with E-state index in [9.17, 15) is 14.4 Å². The number of hydrogen-bond donors (Lipinski definition) is 4. The standard InChI is InChI=1S/C12H17N3O5S/c1-7(10-13-4-5-21-10)6-14-12(20)15-8(11(18)19)2-3-9(16)17/h4-5,7-8H,2-3,6H2,1H3,(H,16,17)(H,18,19)(H2,14,15,20). The van der Waals surface area contributed by atoms with E-state index in [1.165, 1.54) is 11.3 Å². The zero-order valence-corrected chi connectivity index (χ0v) is 12.2. The Bertz CT molecular complexity index is 491. The quantitative estimate of drug-likeness (QED) is 0.563. The van der Waals surface area contributed by atoms with E-state index in [4.69, 9.17) is 10.2 Å². The van der Waals surface area contributed by atoms with Crippen molar-refractivity contribution in [3.63, 3.8) is 0 Å². The van der Waals surface area contributed by atoms with Crippen molar-refractivity contribution in [2.24, 2.45) is 0 Å². The average molecular weight is 315 g/mol. The number of carbonyl (C=O) groups excluding carboxylic acids is 1. The van der Waals surface area contributed by atoms with Crippen molar-refractivity contribution < 1.29 is 24.6 Å². The molecule has 0 radical (unpaired) electrons. The molecule has 8 nitrogen and oxygen atoms in total. The number of carboxylic acid groups (broad SMARTS) is 2. The second kappa shape index (κ2) is 8.20. The smallest absolute Gasteiger partial charge is 0.326 e. The molecule has 2 unspecified atom stereocenters. The van der Waals surface area contributed by atoms with Crippen LogP contribution in [0.25, 0.3) is 0 Å². The van der Waals surface area contributed by atoms with Crippen LogP contribution < -0.4 is 10.6 Å². The molecule has 21 heavy (non-hydrogen) atoms. The topological polar surface area (TPSA) is 129 Å². The van der Waals surface area contributed by atoms with Crippen molar-refractivity contribution in [2.75, 3.05) is 6.54 Å². The first-order valence-corrected chi connectivity index (χ1v) is 7.16. The summed E-state index contributed by atoms with van der Waals surface area (Å²) in [5, 5.41) is 24.9. The van der Waals surface area contributed by atoms with Gasteiger partial charge in [-0.15, -0.1) is 11.3 Å². The maximum Gasteiger partial charge on any atom is 0.326 e. The van der Waals surface area contributed by atoms with Crippen LogP contribution in [-0.2, 0) is 9.59 Å². The van der Waals surface area contributed by atoms with Crippen molar-refractivity contribution in [1.82, 2.24) is 15.6 Å². The normalized spacial score (nSPS) is 13.2. The SMILES string of the molecule is CC(CNC(=O)NC(CCC(=O)O)C(=O)O)c1nccs1. The lowest BCUT2D eigenvalue weighted by Gasteiger charge is -2.15. The highest BCUT2D eigenvalue weighted by Crippen LogP contribution is 2.16. The highest BCUT2D eigenvalue weighted by atomic mass is 32.1. The first-order chi connectivity index (χ1) is 9.90. The van der Waals surface area contributed by atoms with Gasteiger partial charge in [-0.2, -0.15) is 0 Å². The van der Waals surface area contributed by atoms with Crippen LogP contribution in [0.15, 0.2) is 11.6 Å². The summed E-state index contributed by atoms with van der Waals surface area (Å²) in [5.41, 5.74) is 0. The molecule has 9 heteroatoms. The van der Waals surface area contributed by atoms with E-state index in [0.717, 1.165) is 5.01 Å². The molecule has 0 aliphatic rings. The van der Waals surface area contributed by atoms with Crippen molar-refractivity contribution >= 4 is 29.3 Å². The Hall–Kier alpha value is -2.16. The number of urea groups is 1. The number of carbonyl (C=O) groups is 3. The van der Waals surface area contributed by atoms with Gasteiger partial charge in [0.2, 0.25) is 0 Å². The maximum atomic E-state index is 11.6. The zero-order valence-electron chi connectivity index (χ0n) is 11.4. The van der Waals surface area contributed by atoms with E-state index in [0.29, 0.717) is 6.54 Å². The second-order valence-corrected chi connectivity index (χ2v) is 5.38. The van der Waals surface area contributed by atoms with Crippen LogP contribution in [0.4, 0.5) is 4.79 Å². The van der Waals surface area contributed by atoms with E-state index in [1.54, 1.807) is 6.20 Å². The van der Waals surface area contributed by atoms with Crippen molar-refractivity contribution in [3.05, 3.63) is 16.6 Å². The summed E-state index contributed by atoms with van der Waals surface area (Å²) in [7, 11) is 0. The number of hydrogen-bond acceptors (Lipinski definition) is 5. The third-order valence-corrected chi connectivity index (χ3v) is 3.70. The molecule has 2 amide bonds. The predicted molar refractivity (Wildman–Crippen MR) is 75.4 cm³/mol. The first kappa shape index (κ1) is 16.9. The Balaban J connectivity index is 2.39. The van der Waals surface area contributed by atoms with Gasteiger partial charge in [-0.05, 0) is 6.42 Å². The van der Waals surface area contributed by atoms with E-state index in [1.807, 2.05) is 12.3 Å². The molecule has 0 aromatic carbocycles. The second-order valence-electron chi connectivity index (χ2n) is 4.45. The van der Waals surface area contributed by atoms with Gasteiger partial charge in [0.1, 0.15) is 6.04 Å².